The van der Waals surface area contributed by atoms with Gasteiger partial charge in [0.1, 0.15) is 5.82 Å². The fourth-order valence-corrected chi connectivity index (χ4v) is 1.54. The van der Waals surface area contributed by atoms with Gasteiger partial charge in [-0.3, -0.25) is 4.57 Å². The van der Waals surface area contributed by atoms with Crippen molar-refractivity contribution in [3.05, 3.63) is 52.5 Å². The first-order valence-corrected chi connectivity index (χ1v) is 4.84. The number of aromatic nitrogens is 2. The van der Waals surface area contributed by atoms with E-state index in [1.54, 1.807) is 31.6 Å². The van der Waals surface area contributed by atoms with Crippen LogP contribution in [0.15, 0.2) is 35.4 Å². The molecule has 0 saturated heterocycles. The van der Waals surface area contributed by atoms with Crippen molar-refractivity contribution >= 4 is 5.69 Å². The average molecular weight is 221 g/mol. The van der Waals surface area contributed by atoms with Gasteiger partial charge >= 0.3 is 5.69 Å². The highest BCUT2D eigenvalue weighted by Gasteiger charge is 2.08. The van der Waals surface area contributed by atoms with E-state index in [9.17, 15) is 9.18 Å². The predicted octanol–water partition coefficient (Wildman–Crippen LogP) is 0.956. The molecule has 0 atom stereocenters. The third-order valence-corrected chi connectivity index (χ3v) is 2.50. The maximum Gasteiger partial charge on any atom is 0.328 e. The van der Waals surface area contributed by atoms with Crippen LogP contribution in [0.2, 0.25) is 0 Å². The van der Waals surface area contributed by atoms with Gasteiger partial charge in [0.05, 0.1) is 6.54 Å². The number of anilines is 1. The van der Waals surface area contributed by atoms with Crippen LogP contribution in [-0.2, 0) is 13.6 Å². The number of benzene rings is 1. The van der Waals surface area contributed by atoms with Gasteiger partial charge in [-0.15, -0.1) is 0 Å². The van der Waals surface area contributed by atoms with E-state index in [0.717, 1.165) is 0 Å². The second-order valence-corrected chi connectivity index (χ2v) is 3.63. The molecule has 16 heavy (non-hydrogen) atoms. The summed E-state index contributed by atoms with van der Waals surface area (Å²) in [6.07, 6.45) is 3.23. The van der Waals surface area contributed by atoms with Crippen LogP contribution in [0.4, 0.5) is 10.1 Å². The first-order chi connectivity index (χ1) is 7.59. The van der Waals surface area contributed by atoms with Gasteiger partial charge in [0.15, 0.2) is 0 Å². The van der Waals surface area contributed by atoms with Gasteiger partial charge in [0.2, 0.25) is 0 Å². The molecular weight excluding hydrogens is 209 g/mol. The molecule has 2 N–H and O–H groups in total. The van der Waals surface area contributed by atoms with Crippen molar-refractivity contribution in [2.75, 3.05) is 5.73 Å². The lowest BCUT2D eigenvalue weighted by molar-refractivity contribution is 0.595. The summed E-state index contributed by atoms with van der Waals surface area (Å²) in [5.74, 6) is -0.393. The van der Waals surface area contributed by atoms with Crippen LogP contribution in [0.5, 0.6) is 0 Å². The quantitative estimate of drug-likeness (QED) is 0.768. The molecule has 1 aromatic carbocycles. The fourth-order valence-electron chi connectivity index (χ4n) is 1.54. The van der Waals surface area contributed by atoms with Crippen LogP contribution >= 0.6 is 0 Å². The zero-order chi connectivity index (χ0) is 11.7. The highest BCUT2D eigenvalue weighted by molar-refractivity contribution is 5.47. The van der Waals surface area contributed by atoms with Crippen molar-refractivity contribution in [3.63, 3.8) is 0 Å². The summed E-state index contributed by atoms with van der Waals surface area (Å²) in [6, 6.07) is 4.49. The van der Waals surface area contributed by atoms with Crippen LogP contribution in [0.25, 0.3) is 0 Å². The Balaban J connectivity index is 2.42. The smallest absolute Gasteiger partial charge is 0.328 e. The summed E-state index contributed by atoms with van der Waals surface area (Å²) in [5, 5.41) is 0. The Morgan fingerprint density at radius 1 is 1.38 bits per heavy atom. The molecule has 1 heterocycles. The minimum Gasteiger partial charge on any atom is -0.398 e. The van der Waals surface area contributed by atoms with Crippen LogP contribution in [-0.4, -0.2) is 9.13 Å². The molecule has 0 radical (unpaired) electrons. The SMILES string of the molecule is Cn1ccn(Cc2c(N)cccc2F)c1=O. The highest BCUT2D eigenvalue weighted by Crippen LogP contribution is 2.16. The number of nitrogens with zero attached hydrogens (tertiary/aromatic N) is 2. The summed E-state index contributed by atoms with van der Waals surface area (Å²) in [5.41, 5.74) is 6.17. The number of nitrogens with two attached hydrogens (primary N) is 1. The van der Waals surface area contributed by atoms with E-state index in [0.29, 0.717) is 11.3 Å². The predicted molar refractivity (Wildman–Crippen MR) is 59.6 cm³/mol. The first kappa shape index (κ1) is 10.5. The molecule has 1 aromatic heterocycles. The first-order valence-electron chi connectivity index (χ1n) is 4.84. The largest absolute Gasteiger partial charge is 0.398 e. The van der Waals surface area contributed by atoms with Gasteiger partial charge in [-0.2, -0.15) is 0 Å². The minimum atomic E-state index is -0.393. The molecule has 0 amide bonds. The molecule has 0 spiro atoms. The van der Waals surface area contributed by atoms with E-state index in [4.69, 9.17) is 5.73 Å². The Bertz CT molecular complexity index is 551. The Morgan fingerprint density at radius 2 is 2.12 bits per heavy atom. The lowest BCUT2D eigenvalue weighted by Crippen LogP contribution is -2.23. The van der Waals surface area contributed by atoms with Gasteiger partial charge in [-0.1, -0.05) is 6.07 Å². The molecule has 4 nitrogen and oxygen atoms in total. The molecule has 0 aliphatic rings. The van der Waals surface area contributed by atoms with Crippen molar-refractivity contribution in [2.45, 2.75) is 6.54 Å². The van der Waals surface area contributed by atoms with Gasteiger partial charge in [-0.05, 0) is 12.1 Å². The van der Waals surface area contributed by atoms with Gasteiger partial charge in [-0.25, -0.2) is 9.18 Å². The minimum absolute atomic E-state index is 0.151. The normalized spacial score (nSPS) is 10.6. The zero-order valence-electron chi connectivity index (χ0n) is 8.85. The number of halogens is 1. The Kier molecular flexibility index (Phi) is 2.52. The average Bonchev–Trinajstić information content (AvgIpc) is 2.55. The molecule has 0 aliphatic carbocycles. The third kappa shape index (κ3) is 1.71. The second kappa shape index (κ2) is 3.84. The molecule has 2 rings (SSSR count). The molecule has 2 aromatic rings. The number of imidazole rings is 1. The van der Waals surface area contributed by atoms with Crippen LogP contribution in [0.1, 0.15) is 5.56 Å². The van der Waals surface area contributed by atoms with Crippen LogP contribution < -0.4 is 11.4 Å². The van der Waals surface area contributed by atoms with Crippen LogP contribution in [0, 0.1) is 5.82 Å². The van der Waals surface area contributed by atoms with E-state index in [1.165, 1.54) is 15.2 Å². The molecule has 5 heteroatoms. The van der Waals surface area contributed by atoms with E-state index in [2.05, 4.69) is 0 Å². The summed E-state index contributed by atoms with van der Waals surface area (Å²) >= 11 is 0. The van der Waals surface area contributed by atoms with Crippen molar-refractivity contribution in [1.29, 1.82) is 0 Å². The standard InChI is InChI=1S/C11H12FN3O/c1-14-5-6-15(11(14)16)7-8-9(12)3-2-4-10(8)13/h2-6H,7,13H2,1H3. The molecule has 84 valence electrons. The summed E-state index contributed by atoms with van der Waals surface area (Å²) in [4.78, 5) is 11.6. The van der Waals surface area contributed by atoms with Gasteiger partial charge in [0.25, 0.3) is 0 Å². The third-order valence-electron chi connectivity index (χ3n) is 2.50. The number of aryl methyl sites for hydroxylation is 1. The Morgan fingerprint density at radius 3 is 2.69 bits per heavy atom. The number of hydrogen-bond acceptors (Lipinski definition) is 2. The summed E-state index contributed by atoms with van der Waals surface area (Å²) < 4.78 is 16.3. The topological polar surface area (TPSA) is 52.9 Å². The maximum absolute atomic E-state index is 13.5. The molecular formula is C11H12FN3O. The van der Waals surface area contributed by atoms with Crippen molar-refractivity contribution in [3.8, 4) is 0 Å². The van der Waals surface area contributed by atoms with Crippen molar-refractivity contribution in [1.82, 2.24) is 9.13 Å². The van der Waals surface area contributed by atoms with E-state index in [-0.39, 0.29) is 12.2 Å². The molecule has 0 saturated carbocycles. The molecule has 0 bridgehead atoms. The van der Waals surface area contributed by atoms with Crippen LogP contribution in [0.3, 0.4) is 0 Å². The van der Waals surface area contributed by atoms with Gasteiger partial charge in [0, 0.05) is 30.7 Å². The fraction of sp³-hybridized carbons (Fsp3) is 0.182. The monoisotopic (exact) mass is 221 g/mol. The Hall–Kier alpha value is -2.04. The lowest BCUT2D eigenvalue weighted by atomic mass is 10.1. The van der Waals surface area contributed by atoms with Gasteiger partial charge < -0.3 is 10.3 Å². The van der Waals surface area contributed by atoms with Crippen molar-refractivity contribution in [2.24, 2.45) is 7.05 Å². The van der Waals surface area contributed by atoms with E-state index in [1.807, 2.05) is 0 Å². The summed E-state index contributed by atoms with van der Waals surface area (Å²) in [7, 11) is 1.64. The van der Waals surface area contributed by atoms with E-state index >= 15 is 0 Å². The molecule has 0 unspecified atom stereocenters. The molecule has 0 fully saturated rings. The maximum atomic E-state index is 13.5. The van der Waals surface area contributed by atoms with E-state index < -0.39 is 5.82 Å². The lowest BCUT2D eigenvalue weighted by Gasteiger charge is -2.06. The summed E-state index contributed by atoms with van der Waals surface area (Å²) in [6.45, 7) is 0.151. The number of rotatable bonds is 2. The van der Waals surface area contributed by atoms with Crippen molar-refractivity contribution < 1.29 is 4.39 Å². The highest BCUT2D eigenvalue weighted by atomic mass is 19.1. The molecule has 0 aliphatic heterocycles. The number of hydrogen-bond donors (Lipinski definition) is 1. The Labute approximate surface area is 91.7 Å². The second-order valence-electron chi connectivity index (χ2n) is 3.63. The zero-order valence-corrected chi connectivity index (χ0v) is 8.85. The number of nitrogen functional groups attached to an aromatic ring is 1.